The van der Waals surface area contributed by atoms with E-state index in [1.807, 2.05) is 38.5 Å². The summed E-state index contributed by atoms with van der Waals surface area (Å²) in [5.74, 6) is 0.597. The van der Waals surface area contributed by atoms with Gasteiger partial charge in [-0.05, 0) is 49.7 Å². The number of rotatable bonds is 4. The molecule has 0 aliphatic carbocycles. The van der Waals surface area contributed by atoms with Crippen LogP contribution in [0.15, 0.2) is 42.7 Å². The van der Waals surface area contributed by atoms with Crippen LogP contribution in [0.2, 0.25) is 0 Å². The SMILES string of the molecule is Cc1c[nH]c(C)c1-c1ccnc(Nc2ccc(N(C)C)cc2)n1. The van der Waals surface area contributed by atoms with E-state index >= 15 is 0 Å². The van der Waals surface area contributed by atoms with E-state index in [9.17, 15) is 0 Å². The Labute approximate surface area is 136 Å². The highest BCUT2D eigenvalue weighted by molar-refractivity contribution is 5.68. The van der Waals surface area contributed by atoms with Crippen LogP contribution in [0.5, 0.6) is 0 Å². The Balaban J connectivity index is 1.86. The van der Waals surface area contributed by atoms with Crippen LogP contribution in [-0.2, 0) is 0 Å². The van der Waals surface area contributed by atoms with Gasteiger partial charge in [-0.1, -0.05) is 0 Å². The van der Waals surface area contributed by atoms with Crippen LogP contribution >= 0.6 is 0 Å². The highest BCUT2D eigenvalue weighted by atomic mass is 15.1. The van der Waals surface area contributed by atoms with Crippen molar-refractivity contribution in [3.05, 3.63) is 54.0 Å². The van der Waals surface area contributed by atoms with Gasteiger partial charge in [-0.2, -0.15) is 0 Å². The van der Waals surface area contributed by atoms with Gasteiger partial charge < -0.3 is 15.2 Å². The predicted molar refractivity (Wildman–Crippen MR) is 95.3 cm³/mol. The van der Waals surface area contributed by atoms with E-state index in [0.29, 0.717) is 5.95 Å². The lowest BCUT2D eigenvalue weighted by molar-refractivity contribution is 1.13. The third-order valence-corrected chi connectivity index (χ3v) is 3.83. The quantitative estimate of drug-likeness (QED) is 0.767. The summed E-state index contributed by atoms with van der Waals surface area (Å²) in [5.41, 5.74) is 6.48. The molecule has 2 N–H and O–H groups in total. The van der Waals surface area contributed by atoms with E-state index < -0.39 is 0 Å². The number of aromatic nitrogens is 3. The van der Waals surface area contributed by atoms with Crippen molar-refractivity contribution in [2.45, 2.75) is 13.8 Å². The van der Waals surface area contributed by atoms with Gasteiger partial charge >= 0.3 is 0 Å². The molecule has 5 heteroatoms. The zero-order chi connectivity index (χ0) is 16.4. The van der Waals surface area contributed by atoms with Crippen molar-refractivity contribution in [3.63, 3.8) is 0 Å². The van der Waals surface area contributed by atoms with Crippen LogP contribution < -0.4 is 10.2 Å². The molecule has 0 fully saturated rings. The molecule has 0 bridgehead atoms. The molecule has 0 aliphatic heterocycles. The minimum absolute atomic E-state index is 0.597. The summed E-state index contributed by atoms with van der Waals surface area (Å²) in [6.07, 6.45) is 3.78. The third kappa shape index (κ3) is 3.18. The highest BCUT2D eigenvalue weighted by Gasteiger charge is 2.10. The monoisotopic (exact) mass is 307 g/mol. The molecule has 0 saturated carbocycles. The summed E-state index contributed by atoms with van der Waals surface area (Å²) in [6.45, 7) is 4.13. The molecule has 5 nitrogen and oxygen atoms in total. The normalized spacial score (nSPS) is 10.6. The molecule has 0 aliphatic rings. The largest absolute Gasteiger partial charge is 0.378 e. The summed E-state index contributed by atoms with van der Waals surface area (Å²) < 4.78 is 0. The number of nitrogens with one attached hydrogen (secondary N) is 2. The average molecular weight is 307 g/mol. The number of hydrogen-bond donors (Lipinski definition) is 2. The van der Waals surface area contributed by atoms with Crippen molar-refractivity contribution in [2.24, 2.45) is 0 Å². The van der Waals surface area contributed by atoms with Gasteiger partial charge in [0, 0.05) is 49.1 Å². The first-order chi connectivity index (χ1) is 11.0. The first-order valence-electron chi connectivity index (χ1n) is 7.57. The zero-order valence-corrected chi connectivity index (χ0v) is 13.9. The van der Waals surface area contributed by atoms with E-state index in [-0.39, 0.29) is 0 Å². The molecular weight excluding hydrogens is 286 g/mol. The number of aryl methyl sites for hydroxylation is 2. The zero-order valence-electron chi connectivity index (χ0n) is 13.9. The van der Waals surface area contributed by atoms with Gasteiger partial charge in [0.1, 0.15) is 0 Å². The molecule has 0 amide bonds. The first-order valence-corrected chi connectivity index (χ1v) is 7.57. The van der Waals surface area contributed by atoms with E-state index in [4.69, 9.17) is 0 Å². The van der Waals surface area contributed by atoms with Crippen molar-refractivity contribution in [3.8, 4) is 11.3 Å². The van der Waals surface area contributed by atoms with Crippen LogP contribution in [0, 0.1) is 13.8 Å². The van der Waals surface area contributed by atoms with Gasteiger partial charge in [0.15, 0.2) is 0 Å². The number of hydrogen-bond acceptors (Lipinski definition) is 4. The summed E-state index contributed by atoms with van der Waals surface area (Å²) in [5, 5.41) is 3.26. The fourth-order valence-electron chi connectivity index (χ4n) is 2.58. The van der Waals surface area contributed by atoms with Crippen molar-refractivity contribution in [2.75, 3.05) is 24.3 Å². The highest BCUT2D eigenvalue weighted by Crippen LogP contribution is 2.26. The smallest absolute Gasteiger partial charge is 0.227 e. The molecule has 2 heterocycles. The molecule has 0 unspecified atom stereocenters. The predicted octanol–water partition coefficient (Wildman–Crippen LogP) is 3.90. The Hall–Kier alpha value is -2.82. The summed E-state index contributed by atoms with van der Waals surface area (Å²) >= 11 is 0. The van der Waals surface area contributed by atoms with E-state index in [0.717, 1.165) is 28.3 Å². The van der Waals surface area contributed by atoms with Crippen LogP contribution in [0.1, 0.15) is 11.3 Å². The molecule has 0 radical (unpaired) electrons. The maximum absolute atomic E-state index is 4.64. The molecule has 0 atom stereocenters. The Kier molecular flexibility index (Phi) is 4.02. The topological polar surface area (TPSA) is 56.8 Å². The summed E-state index contributed by atoms with van der Waals surface area (Å²) in [7, 11) is 4.05. The number of aromatic amines is 1. The average Bonchev–Trinajstić information content (AvgIpc) is 2.87. The molecule has 118 valence electrons. The van der Waals surface area contributed by atoms with Crippen LogP contribution in [0.3, 0.4) is 0 Å². The lowest BCUT2D eigenvalue weighted by Crippen LogP contribution is -2.08. The van der Waals surface area contributed by atoms with Crippen LogP contribution in [-0.4, -0.2) is 29.0 Å². The van der Waals surface area contributed by atoms with Gasteiger partial charge in [0.05, 0.1) is 5.69 Å². The molecule has 0 spiro atoms. The second kappa shape index (κ2) is 6.12. The van der Waals surface area contributed by atoms with Crippen molar-refractivity contribution < 1.29 is 0 Å². The van der Waals surface area contributed by atoms with Gasteiger partial charge in [-0.25, -0.2) is 9.97 Å². The van der Waals surface area contributed by atoms with Crippen LogP contribution in [0.25, 0.3) is 11.3 Å². The number of H-pyrrole nitrogens is 1. The van der Waals surface area contributed by atoms with E-state index in [1.165, 1.54) is 5.56 Å². The van der Waals surface area contributed by atoms with Gasteiger partial charge in [0.25, 0.3) is 0 Å². The molecular formula is C18H21N5. The number of anilines is 3. The second-order valence-electron chi connectivity index (χ2n) is 5.80. The Bertz CT molecular complexity index is 783. The van der Waals surface area contributed by atoms with Crippen molar-refractivity contribution >= 4 is 17.3 Å². The van der Waals surface area contributed by atoms with Gasteiger partial charge in [-0.3, -0.25) is 0 Å². The van der Waals surface area contributed by atoms with Gasteiger partial charge in [0.2, 0.25) is 5.95 Å². The number of benzene rings is 1. The Morgan fingerprint density at radius 1 is 1.04 bits per heavy atom. The Morgan fingerprint density at radius 2 is 1.78 bits per heavy atom. The first kappa shape index (κ1) is 15.1. The molecule has 1 aromatic carbocycles. The standard InChI is InChI=1S/C18H21N5/c1-12-11-20-13(2)17(12)16-9-10-19-18(22-16)21-14-5-7-15(8-6-14)23(3)4/h5-11,20H,1-4H3,(H,19,21,22). The Morgan fingerprint density at radius 3 is 2.39 bits per heavy atom. The summed E-state index contributed by atoms with van der Waals surface area (Å²) in [6, 6.07) is 10.1. The minimum Gasteiger partial charge on any atom is -0.378 e. The molecule has 3 rings (SSSR count). The van der Waals surface area contributed by atoms with E-state index in [2.05, 4.69) is 51.1 Å². The maximum Gasteiger partial charge on any atom is 0.227 e. The molecule has 23 heavy (non-hydrogen) atoms. The van der Waals surface area contributed by atoms with E-state index in [1.54, 1.807) is 6.20 Å². The van der Waals surface area contributed by atoms with Crippen molar-refractivity contribution in [1.29, 1.82) is 0 Å². The number of nitrogens with zero attached hydrogens (tertiary/aromatic N) is 3. The fourth-order valence-corrected chi connectivity index (χ4v) is 2.58. The van der Waals surface area contributed by atoms with Crippen LogP contribution in [0.4, 0.5) is 17.3 Å². The lowest BCUT2D eigenvalue weighted by atomic mass is 10.1. The molecule has 0 saturated heterocycles. The summed E-state index contributed by atoms with van der Waals surface area (Å²) in [4.78, 5) is 14.3. The molecule has 2 aromatic heterocycles. The molecule has 3 aromatic rings. The third-order valence-electron chi connectivity index (χ3n) is 3.83. The maximum atomic E-state index is 4.64. The second-order valence-corrected chi connectivity index (χ2v) is 5.80. The fraction of sp³-hybridized carbons (Fsp3) is 0.222. The minimum atomic E-state index is 0.597. The lowest BCUT2D eigenvalue weighted by Gasteiger charge is -2.13. The van der Waals surface area contributed by atoms with Gasteiger partial charge in [-0.15, -0.1) is 0 Å². The van der Waals surface area contributed by atoms with Crippen molar-refractivity contribution in [1.82, 2.24) is 15.0 Å².